The van der Waals surface area contributed by atoms with E-state index in [-0.39, 0.29) is 5.41 Å². The Kier molecular flexibility index (Phi) is 7.33. The SMILES string of the molecule is CC1(c2ccccc2)c2ccccc2-c2c(N(c3ccc(-c4ccccc4)cc3)c3cccc(-c4ccc5c(c4)-c4cccc6cccc(c46)O5)c3)cccc21. The van der Waals surface area contributed by atoms with E-state index in [9.17, 15) is 0 Å². The molecule has 0 saturated carbocycles. The Morgan fingerprint density at radius 1 is 0.411 bits per heavy atom. The van der Waals surface area contributed by atoms with Crippen molar-refractivity contribution in [2.75, 3.05) is 4.90 Å². The van der Waals surface area contributed by atoms with E-state index < -0.39 is 0 Å². The highest BCUT2D eigenvalue weighted by atomic mass is 16.5. The number of benzene rings is 9. The summed E-state index contributed by atoms with van der Waals surface area (Å²) in [4.78, 5) is 2.45. The lowest BCUT2D eigenvalue weighted by molar-refractivity contribution is 0.487. The van der Waals surface area contributed by atoms with Crippen molar-refractivity contribution in [1.82, 2.24) is 0 Å². The maximum Gasteiger partial charge on any atom is 0.135 e. The molecule has 0 spiro atoms. The predicted octanol–water partition coefficient (Wildman–Crippen LogP) is 14.8. The molecule has 1 unspecified atom stereocenters. The van der Waals surface area contributed by atoms with E-state index in [2.05, 4.69) is 218 Å². The number of hydrogen-bond donors (Lipinski definition) is 0. The molecule has 11 rings (SSSR count). The van der Waals surface area contributed by atoms with Gasteiger partial charge in [0, 0.05) is 33.3 Å². The van der Waals surface area contributed by atoms with Gasteiger partial charge in [-0.15, -0.1) is 0 Å². The van der Waals surface area contributed by atoms with E-state index in [1.807, 2.05) is 0 Å². The van der Waals surface area contributed by atoms with Gasteiger partial charge in [-0.1, -0.05) is 158 Å². The van der Waals surface area contributed by atoms with Crippen LogP contribution in [0, 0.1) is 0 Å². The fourth-order valence-electron chi connectivity index (χ4n) is 9.22. The minimum Gasteiger partial charge on any atom is -0.456 e. The molecule has 9 aromatic carbocycles. The molecule has 0 bridgehead atoms. The van der Waals surface area contributed by atoms with Gasteiger partial charge in [0.05, 0.1) is 5.69 Å². The summed E-state index contributed by atoms with van der Waals surface area (Å²) in [5.74, 6) is 1.80. The molecule has 0 aromatic heterocycles. The lowest BCUT2D eigenvalue weighted by atomic mass is 9.74. The average Bonchev–Trinajstić information content (AvgIpc) is 3.54. The number of anilines is 3. The number of ether oxygens (including phenoxy) is 1. The molecule has 0 fully saturated rings. The molecule has 1 atom stereocenters. The molecule has 2 nitrogen and oxygen atoms in total. The van der Waals surface area contributed by atoms with E-state index >= 15 is 0 Å². The Labute approximate surface area is 327 Å². The largest absolute Gasteiger partial charge is 0.456 e. The third kappa shape index (κ3) is 4.96. The minimum absolute atomic E-state index is 0.305. The summed E-state index contributed by atoms with van der Waals surface area (Å²) in [6, 6.07) is 74.8. The van der Waals surface area contributed by atoms with Crippen LogP contribution < -0.4 is 9.64 Å². The van der Waals surface area contributed by atoms with Crippen molar-refractivity contribution in [3.8, 4) is 56.0 Å². The molecular formula is C54H37NO. The molecule has 2 aliphatic rings. The maximum absolute atomic E-state index is 6.47. The first-order valence-electron chi connectivity index (χ1n) is 19.3. The Morgan fingerprint density at radius 2 is 1.04 bits per heavy atom. The van der Waals surface area contributed by atoms with Gasteiger partial charge in [0.25, 0.3) is 0 Å². The zero-order valence-electron chi connectivity index (χ0n) is 31.0. The fourth-order valence-corrected chi connectivity index (χ4v) is 9.22. The molecule has 1 aliphatic heterocycles. The first-order valence-corrected chi connectivity index (χ1v) is 19.3. The Bertz CT molecular complexity index is 2940. The first kappa shape index (κ1) is 32.3. The minimum atomic E-state index is -0.305. The lowest BCUT2D eigenvalue weighted by Gasteiger charge is -2.31. The first-order chi connectivity index (χ1) is 27.6. The van der Waals surface area contributed by atoms with Gasteiger partial charge in [0.2, 0.25) is 0 Å². The molecule has 0 radical (unpaired) electrons. The van der Waals surface area contributed by atoms with Crippen LogP contribution in [-0.4, -0.2) is 0 Å². The topological polar surface area (TPSA) is 12.5 Å². The van der Waals surface area contributed by atoms with E-state index in [0.717, 1.165) is 45.3 Å². The lowest BCUT2D eigenvalue weighted by Crippen LogP contribution is -2.22. The molecule has 0 N–H and O–H groups in total. The van der Waals surface area contributed by atoms with Gasteiger partial charge in [0.1, 0.15) is 11.5 Å². The van der Waals surface area contributed by atoms with Crippen molar-refractivity contribution in [1.29, 1.82) is 0 Å². The van der Waals surface area contributed by atoms with Crippen LogP contribution in [0.25, 0.3) is 55.3 Å². The summed E-state index contributed by atoms with van der Waals surface area (Å²) in [5, 5.41) is 2.35. The molecule has 56 heavy (non-hydrogen) atoms. The van der Waals surface area contributed by atoms with Crippen LogP contribution in [-0.2, 0) is 5.41 Å². The number of hydrogen-bond acceptors (Lipinski definition) is 2. The monoisotopic (exact) mass is 715 g/mol. The van der Waals surface area contributed by atoms with Crippen LogP contribution in [0.3, 0.4) is 0 Å². The highest BCUT2D eigenvalue weighted by Crippen LogP contribution is 2.57. The van der Waals surface area contributed by atoms with Gasteiger partial charge >= 0.3 is 0 Å². The van der Waals surface area contributed by atoms with Crippen molar-refractivity contribution in [3.63, 3.8) is 0 Å². The van der Waals surface area contributed by atoms with Crippen LogP contribution in [0.2, 0.25) is 0 Å². The van der Waals surface area contributed by atoms with Crippen molar-refractivity contribution >= 4 is 27.8 Å². The van der Waals surface area contributed by atoms with Crippen LogP contribution in [0.15, 0.2) is 206 Å². The molecule has 264 valence electrons. The summed E-state index contributed by atoms with van der Waals surface area (Å²) in [6.07, 6.45) is 0. The second-order valence-corrected chi connectivity index (χ2v) is 15.0. The molecule has 9 aromatic rings. The van der Waals surface area contributed by atoms with Gasteiger partial charge in [-0.05, 0) is 111 Å². The summed E-state index contributed by atoms with van der Waals surface area (Å²) in [7, 11) is 0. The van der Waals surface area contributed by atoms with E-state index in [1.165, 1.54) is 55.3 Å². The third-order valence-electron chi connectivity index (χ3n) is 11.9. The summed E-state index contributed by atoms with van der Waals surface area (Å²) >= 11 is 0. The third-order valence-corrected chi connectivity index (χ3v) is 11.9. The standard InChI is InChI=1S/C54H37NO/c1-54(41-19-6-3-7-20-41)47-24-9-8-22-45(47)53-48(54)25-13-26-49(53)55(42-31-28-37(29-32-42)36-14-4-2-5-15-36)43-21-10-18-39(34-43)40-30-33-50-46(35-40)44-23-11-16-38-17-12-27-51(56-50)52(38)44/h2-35H,1H3. The van der Waals surface area contributed by atoms with Crippen LogP contribution in [0.1, 0.15) is 23.6 Å². The Morgan fingerprint density at radius 3 is 1.88 bits per heavy atom. The predicted molar refractivity (Wildman–Crippen MR) is 232 cm³/mol. The van der Waals surface area contributed by atoms with Gasteiger partial charge in [-0.25, -0.2) is 0 Å². The average molecular weight is 716 g/mol. The van der Waals surface area contributed by atoms with Crippen molar-refractivity contribution in [2.45, 2.75) is 12.3 Å². The highest BCUT2D eigenvalue weighted by molar-refractivity contribution is 6.05. The smallest absolute Gasteiger partial charge is 0.135 e. The quantitative estimate of drug-likeness (QED) is 0.170. The van der Waals surface area contributed by atoms with Gasteiger partial charge in [-0.3, -0.25) is 0 Å². The molecule has 0 amide bonds. The summed E-state index contributed by atoms with van der Waals surface area (Å²) < 4.78 is 6.47. The second-order valence-electron chi connectivity index (χ2n) is 15.0. The zero-order valence-corrected chi connectivity index (χ0v) is 31.0. The highest BCUT2D eigenvalue weighted by Gasteiger charge is 2.42. The summed E-state index contributed by atoms with van der Waals surface area (Å²) in [6.45, 7) is 2.38. The molecular weight excluding hydrogens is 679 g/mol. The number of rotatable bonds is 6. The number of nitrogens with zero attached hydrogens (tertiary/aromatic N) is 1. The normalized spacial score (nSPS) is 14.7. The van der Waals surface area contributed by atoms with Crippen LogP contribution in [0.5, 0.6) is 11.5 Å². The molecule has 2 heteroatoms. The van der Waals surface area contributed by atoms with E-state index in [0.29, 0.717) is 0 Å². The van der Waals surface area contributed by atoms with Gasteiger partial charge in [0.15, 0.2) is 0 Å². The van der Waals surface area contributed by atoms with Crippen molar-refractivity contribution in [3.05, 3.63) is 223 Å². The fraction of sp³-hybridized carbons (Fsp3) is 0.0370. The number of fused-ring (bicyclic) bond motifs is 5. The van der Waals surface area contributed by atoms with Crippen molar-refractivity contribution < 1.29 is 4.74 Å². The van der Waals surface area contributed by atoms with E-state index in [1.54, 1.807) is 0 Å². The Balaban J connectivity index is 1.09. The van der Waals surface area contributed by atoms with Crippen LogP contribution >= 0.6 is 0 Å². The zero-order chi connectivity index (χ0) is 37.2. The molecule has 1 aliphatic carbocycles. The summed E-state index contributed by atoms with van der Waals surface area (Å²) in [5.41, 5.74) is 16.5. The van der Waals surface area contributed by atoms with Crippen LogP contribution in [0.4, 0.5) is 17.1 Å². The van der Waals surface area contributed by atoms with Gasteiger partial charge < -0.3 is 9.64 Å². The van der Waals surface area contributed by atoms with E-state index in [4.69, 9.17) is 4.74 Å². The Hall–Kier alpha value is -7.16. The maximum atomic E-state index is 6.47. The molecule has 0 saturated heterocycles. The van der Waals surface area contributed by atoms with Crippen molar-refractivity contribution in [2.24, 2.45) is 0 Å². The molecule has 1 heterocycles. The van der Waals surface area contributed by atoms with Gasteiger partial charge in [-0.2, -0.15) is 0 Å². The second kappa shape index (κ2) is 12.7.